The highest BCUT2D eigenvalue weighted by molar-refractivity contribution is 5.93. The molecule has 6 nitrogen and oxygen atoms in total. The van der Waals surface area contributed by atoms with E-state index >= 15 is 0 Å². The van der Waals surface area contributed by atoms with Crippen molar-refractivity contribution in [2.75, 3.05) is 6.54 Å². The second-order valence-corrected chi connectivity index (χ2v) is 5.83. The number of nitrogens with zero attached hydrogens (tertiary/aromatic N) is 2. The van der Waals surface area contributed by atoms with Crippen LogP contribution < -0.4 is 10.9 Å². The van der Waals surface area contributed by atoms with Gasteiger partial charge in [0.25, 0.3) is 11.5 Å². The zero-order valence-corrected chi connectivity index (χ0v) is 14.3. The van der Waals surface area contributed by atoms with Crippen LogP contribution in [0, 0.1) is 5.82 Å². The van der Waals surface area contributed by atoms with Crippen LogP contribution in [0.5, 0.6) is 0 Å². The van der Waals surface area contributed by atoms with Gasteiger partial charge in [0.1, 0.15) is 11.5 Å². The fourth-order valence-corrected chi connectivity index (χ4v) is 2.54. The predicted octanol–water partition coefficient (Wildman–Crippen LogP) is 2.37. The van der Waals surface area contributed by atoms with Gasteiger partial charge in [0.15, 0.2) is 0 Å². The van der Waals surface area contributed by atoms with Gasteiger partial charge in [-0.1, -0.05) is 19.1 Å². The summed E-state index contributed by atoms with van der Waals surface area (Å²) < 4.78 is 14.4. The molecule has 0 saturated heterocycles. The van der Waals surface area contributed by atoms with Crippen molar-refractivity contribution in [1.82, 2.24) is 19.9 Å². The number of rotatable bonds is 6. The highest BCUT2D eigenvalue weighted by Gasteiger charge is 2.09. The van der Waals surface area contributed by atoms with Crippen molar-refractivity contribution in [1.29, 1.82) is 0 Å². The van der Waals surface area contributed by atoms with E-state index in [1.807, 2.05) is 6.92 Å². The van der Waals surface area contributed by atoms with E-state index in [4.69, 9.17) is 0 Å². The third-order valence-corrected chi connectivity index (χ3v) is 4.04. The number of benzene rings is 1. The van der Waals surface area contributed by atoms with Crippen molar-refractivity contribution in [2.24, 2.45) is 0 Å². The maximum Gasteiger partial charge on any atom is 0.267 e. The number of aromatic amines is 1. The van der Waals surface area contributed by atoms with E-state index in [0.717, 1.165) is 16.8 Å². The van der Waals surface area contributed by atoms with Crippen molar-refractivity contribution in [3.8, 4) is 11.1 Å². The average Bonchev–Trinajstić information content (AvgIpc) is 3.13. The van der Waals surface area contributed by atoms with E-state index < -0.39 is 0 Å². The lowest BCUT2D eigenvalue weighted by atomic mass is 10.1. The molecule has 0 bridgehead atoms. The Morgan fingerprint density at radius 3 is 2.69 bits per heavy atom. The van der Waals surface area contributed by atoms with Crippen LogP contribution in [0.15, 0.2) is 53.7 Å². The molecule has 26 heavy (non-hydrogen) atoms. The lowest BCUT2D eigenvalue weighted by molar-refractivity contribution is 0.0948. The third-order valence-electron chi connectivity index (χ3n) is 4.04. The first-order chi connectivity index (χ1) is 12.6. The number of hydrogen-bond acceptors (Lipinski definition) is 3. The molecular weight excluding hydrogens is 335 g/mol. The van der Waals surface area contributed by atoms with Gasteiger partial charge >= 0.3 is 0 Å². The second kappa shape index (κ2) is 7.77. The van der Waals surface area contributed by atoms with Crippen LogP contribution in [0.2, 0.25) is 0 Å². The number of amides is 1. The molecule has 1 amide bonds. The number of nitrogens with one attached hydrogen (secondary N) is 2. The maximum absolute atomic E-state index is 13.0. The zero-order chi connectivity index (χ0) is 18.5. The Kier molecular flexibility index (Phi) is 5.26. The van der Waals surface area contributed by atoms with Gasteiger partial charge in [-0.05, 0) is 35.7 Å². The largest absolute Gasteiger partial charge is 0.357 e. The first-order valence-corrected chi connectivity index (χ1v) is 8.34. The molecule has 134 valence electrons. The van der Waals surface area contributed by atoms with Crippen LogP contribution in [0.1, 0.15) is 23.1 Å². The summed E-state index contributed by atoms with van der Waals surface area (Å²) in [5.41, 5.74) is 2.62. The van der Waals surface area contributed by atoms with Crippen LogP contribution in [-0.2, 0) is 13.0 Å². The number of carbonyl (C=O) groups excluding carboxylic acids is 1. The fourth-order valence-electron chi connectivity index (χ4n) is 2.54. The van der Waals surface area contributed by atoms with E-state index in [-0.39, 0.29) is 17.3 Å². The number of aromatic nitrogens is 3. The zero-order valence-electron chi connectivity index (χ0n) is 14.3. The molecule has 0 radical (unpaired) electrons. The molecule has 0 aliphatic rings. The SMILES string of the molecule is CCc1cc(=O)n(CCNC(=O)c2cc(-c3ccc(F)cc3)c[nH]2)cn1. The van der Waals surface area contributed by atoms with Gasteiger partial charge in [-0.2, -0.15) is 0 Å². The molecule has 0 fully saturated rings. The van der Waals surface area contributed by atoms with E-state index in [2.05, 4.69) is 15.3 Å². The standard InChI is InChI=1S/C19H19FN4O2/c1-2-16-10-18(25)24(12-23-16)8-7-21-19(26)17-9-14(11-22-17)13-3-5-15(20)6-4-13/h3-6,9-12,22H,2,7-8H2,1H3,(H,21,26). The maximum atomic E-state index is 13.0. The predicted molar refractivity (Wildman–Crippen MR) is 96.4 cm³/mol. The van der Waals surface area contributed by atoms with E-state index in [0.29, 0.717) is 25.2 Å². The van der Waals surface area contributed by atoms with Crippen molar-refractivity contribution < 1.29 is 9.18 Å². The van der Waals surface area contributed by atoms with Gasteiger partial charge in [-0.25, -0.2) is 9.37 Å². The Bertz CT molecular complexity index is 960. The number of aryl methyl sites for hydroxylation is 1. The van der Waals surface area contributed by atoms with Crippen molar-refractivity contribution in [3.63, 3.8) is 0 Å². The van der Waals surface area contributed by atoms with Crippen LogP contribution in [0.3, 0.4) is 0 Å². The molecule has 2 aromatic heterocycles. The summed E-state index contributed by atoms with van der Waals surface area (Å²) in [5, 5.41) is 2.76. The van der Waals surface area contributed by atoms with E-state index in [1.165, 1.54) is 29.1 Å². The van der Waals surface area contributed by atoms with Gasteiger partial charge in [0.2, 0.25) is 0 Å². The number of H-pyrrole nitrogens is 1. The summed E-state index contributed by atoms with van der Waals surface area (Å²) in [6, 6.07) is 9.25. The minimum atomic E-state index is -0.307. The monoisotopic (exact) mass is 354 g/mol. The van der Waals surface area contributed by atoms with E-state index in [9.17, 15) is 14.0 Å². The first kappa shape index (κ1) is 17.6. The first-order valence-electron chi connectivity index (χ1n) is 8.34. The summed E-state index contributed by atoms with van der Waals surface area (Å²) in [7, 11) is 0. The van der Waals surface area contributed by atoms with Crippen molar-refractivity contribution >= 4 is 5.91 Å². The van der Waals surface area contributed by atoms with Crippen LogP contribution >= 0.6 is 0 Å². The Morgan fingerprint density at radius 2 is 2.00 bits per heavy atom. The van der Waals surface area contributed by atoms with Crippen LogP contribution in [0.25, 0.3) is 11.1 Å². The molecule has 0 unspecified atom stereocenters. The second-order valence-electron chi connectivity index (χ2n) is 5.83. The lowest BCUT2D eigenvalue weighted by Gasteiger charge is -2.07. The molecule has 2 N–H and O–H groups in total. The summed E-state index contributed by atoms with van der Waals surface area (Å²) in [6.45, 7) is 2.58. The number of carbonyl (C=O) groups is 1. The molecule has 3 aromatic rings. The van der Waals surface area contributed by atoms with Crippen LogP contribution in [0.4, 0.5) is 4.39 Å². The summed E-state index contributed by atoms with van der Waals surface area (Å²) in [6.07, 6.45) is 3.89. The molecule has 0 spiro atoms. The van der Waals surface area contributed by atoms with Gasteiger partial charge in [0.05, 0.1) is 6.33 Å². The van der Waals surface area contributed by atoms with Gasteiger partial charge < -0.3 is 10.3 Å². The summed E-state index contributed by atoms with van der Waals surface area (Å²) in [5.74, 6) is -0.580. The molecule has 0 aliphatic carbocycles. The molecule has 0 saturated carbocycles. The molecule has 7 heteroatoms. The summed E-state index contributed by atoms with van der Waals surface area (Å²) in [4.78, 5) is 31.2. The Balaban J connectivity index is 1.59. The minimum absolute atomic E-state index is 0.135. The highest BCUT2D eigenvalue weighted by atomic mass is 19.1. The summed E-state index contributed by atoms with van der Waals surface area (Å²) >= 11 is 0. The normalized spacial score (nSPS) is 10.7. The molecule has 1 aromatic carbocycles. The Labute approximate surface area is 149 Å². The van der Waals surface area contributed by atoms with Crippen molar-refractivity contribution in [2.45, 2.75) is 19.9 Å². The molecule has 3 rings (SSSR count). The topological polar surface area (TPSA) is 79.8 Å². The number of halogens is 1. The molecular formula is C19H19FN4O2. The van der Waals surface area contributed by atoms with Gasteiger partial charge in [0, 0.05) is 31.0 Å². The Morgan fingerprint density at radius 1 is 1.23 bits per heavy atom. The average molecular weight is 354 g/mol. The van der Waals surface area contributed by atoms with Gasteiger partial charge in [-0.3, -0.25) is 14.2 Å². The van der Waals surface area contributed by atoms with Gasteiger partial charge in [-0.15, -0.1) is 0 Å². The smallest absolute Gasteiger partial charge is 0.267 e. The molecule has 0 atom stereocenters. The van der Waals surface area contributed by atoms with Crippen molar-refractivity contribution in [3.05, 3.63) is 76.5 Å². The highest BCUT2D eigenvalue weighted by Crippen LogP contribution is 2.20. The van der Waals surface area contributed by atoms with Crippen LogP contribution in [-0.4, -0.2) is 27.0 Å². The van der Waals surface area contributed by atoms with E-state index in [1.54, 1.807) is 24.4 Å². The molecule has 2 heterocycles. The quantitative estimate of drug-likeness (QED) is 0.713. The third kappa shape index (κ3) is 4.05. The minimum Gasteiger partial charge on any atom is -0.357 e. The lowest BCUT2D eigenvalue weighted by Crippen LogP contribution is -2.31. The Hall–Kier alpha value is -3.22. The number of hydrogen-bond donors (Lipinski definition) is 2. The fraction of sp³-hybridized carbons (Fsp3) is 0.211. The molecule has 0 aliphatic heterocycles.